The number of fused-ring (bicyclic) bond motifs is 2. The first-order valence-electron chi connectivity index (χ1n) is 11.4. The predicted octanol–water partition coefficient (Wildman–Crippen LogP) is 4.92. The van der Waals surface area contributed by atoms with Gasteiger partial charge in [-0.05, 0) is 30.3 Å². The van der Waals surface area contributed by atoms with Gasteiger partial charge in [-0.25, -0.2) is 0 Å². The van der Waals surface area contributed by atoms with Gasteiger partial charge in [-0.1, -0.05) is 0 Å². The minimum absolute atomic E-state index is 0.667. The summed E-state index contributed by atoms with van der Waals surface area (Å²) in [5.74, 6) is 1.35. The molecule has 0 spiro atoms. The summed E-state index contributed by atoms with van der Waals surface area (Å²) >= 11 is 3.34. The molecule has 0 amide bonds. The molecule has 0 aliphatic heterocycles. The molecule has 1 atom stereocenters. The Hall–Kier alpha value is -3.67. The van der Waals surface area contributed by atoms with E-state index in [1.165, 1.54) is 9.05 Å². The summed E-state index contributed by atoms with van der Waals surface area (Å²) in [6, 6.07) is 24.8. The fourth-order valence-electron chi connectivity index (χ4n) is 4.36. The number of aryl methyl sites for hydroxylation is 1. The van der Waals surface area contributed by atoms with Gasteiger partial charge in [0.1, 0.15) is 0 Å². The van der Waals surface area contributed by atoms with Crippen LogP contribution in [0.25, 0.3) is 48.9 Å². The minimum Gasteiger partial charge on any atom is -0.493 e. The number of nitrogens with zero attached hydrogens (tertiary/aromatic N) is 4. The van der Waals surface area contributed by atoms with Crippen LogP contribution in [0, 0.1) is 6.92 Å². The van der Waals surface area contributed by atoms with Crippen LogP contribution in [0.4, 0.5) is 0 Å². The molecule has 0 fully saturated rings. The number of hydrogen-bond donors (Lipinski definition) is 0. The molecule has 3 aromatic carbocycles. The fourth-order valence-corrected chi connectivity index (χ4v) is 5.85. The van der Waals surface area contributed by atoms with Crippen molar-refractivity contribution in [1.29, 1.82) is 0 Å². The Morgan fingerprint density at radius 1 is 0.778 bits per heavy atom. The van der Waals surface area contributed by atoms with Gasteiger partial charge >= 0.3 is 145 Å². The van der Waals surface area contributed by atoms with Crippen molar-refractivity contribution in [2.45, 2.75) is 6.92 Å². The zero-order valence-corrected chi connectivity index (χ0v) is 23.3. The third-order valence-corrected chi connectivity index (χ3v) is 7.99. The molecule has 36 heavy (non-hydrogen) atoms. The molecular weight excluding hydrogens is 531 g/mol. The standard InChI is InChI=1S/C28H23AsN4O2S/c1-16-27(17-4-6-18(7-5-17)28-31-22-15-20(29)9-12-25(22)36-28)33-26(30-16)13-10-21(32-33)19-8-11-23(34-2)24(14-19)35-3/h4-15H,29H2,1-3H3. The Morgan fingerprint density at radius 2 is 1.53 bits per heavy atom. The quantitative estimate of drug-likeness (QED) is 0.283. The SMILES string of the molecule is COc1ccc(-c2ccc3nc(C)c(-c4ccc(-c5nc6cc([AsH2])ccc6s5)cc4)n3n2)cc1OC. The van der Waals surface area contributed by atoms with Gasteiger partial charge in [0.2, 0.25) is 0 Å². The van der Waals surface area contributed by atoms with Gasteiger partial charge in [-0.2, -0.15) is 0 Å². The van der Waals surface area contributed by atoms with Crippen LogP contribution in [0.15, 0.2) is 72.8 Å². The van der Waals surface area contributed by atoms with E-state index < -0.39 is 0 Å². The topological polar surface area (TPSA) is 61.5 Å². The Morgan fingerprint density at radius 3 is 2.31 bits per heavy atom. The van der Waals surface area contributed by atoms with Crippen LogP contribution >= 0.6 is 11.3 Å². The molecule has 0 saturated carbocycles. The van der Waals surface area contributed by atoms with Gasteiger partial charge in [0.15, 0.2) is 11.5 Å². The molecule has 0 N–H and O–H groups in total. The maximum absolute atomic E-state index is 5.48. The van der Waals surface area contributed by atoms with E-state index in [4.69, 9.17) is 24.5 Å². The fraction of sp³-hybridized carbons (Fsp3) is 0.107. The van der Waals surface area contributed by atoms with Gasteiger partial charge in [-0.15, -0.1) is 0 Å². The number of ether oxygens (including phenoxy) is 2. The summed E-state index contributed by atoms with van der Waals surface area (Å²) in [6.45, 7) is 2.02. The van der Waals surface area contributed by atoms with Crippen molar-refractivity contribution in [3.63, 3.8) is 0 Å². The first-order chi connectivity index (χ1) is 17.5. The molecule has 6 rings (SSSR count). The van der Waals surface area contributed by atoms with Crippen LogP contribution < -0.4 is 13.8 Å². The second kappa shape index (κ2) is 9.08. The Kier molecular flexibility index (Phi) is 5.74. The molecule has 3 heterocycles. The first-order valence-corrected chi connectivity index (χ1v) is 13.4. The number of methoxy groups -OCH3 is 2. The van der Waals surface area contributed by atoms with Crippen LogP contribution in [0.3, 0.4) is 0 Å². The van der Waals surface area contributed by atoms with Crippen molar-refractivity contribution >= 4 is 48.4 Å². The summed E-state index contributed by atoms with van der Waals surface area (Å²) in [7, 11) is 3.27. The molecule has 6 aromatic rings. The number of benzene rings is 3. The molecule has 0 aliphatic rings. The van der Waals surface area contributed by atoms with E-state index in [0.717, 1.165) is 49.9 Å². The van der Waals surface area contributed by atoms with Crippen LogP contribution in [-0.4, -0.2) is 50.7 Å². The predicted molar refractivity (Wildman–Crippen MR) is 148 cm³/mol. The average Bonchev–Trinajstić information content (AvgIpc) is 3.47. The maximum atomic E-state index is 5.48. The van der Waals surface area contributed by atoms with Crippen molar-refractivity contribution in [3.8, 4) is 44.6 Å². The van der Waals surface area contributed by atoms with Crippen LogP contribution in [-0.2, 0) is 0 Å². The minimum atomic E-state index is 0.667. The normalized spacial score (nSPS) is 11.3. The monoisotopic (exact) mass is 554 g/mol. The second-order valence-corrected chi connectivity index (χ2v) is 10.9. The van der Waals surface area contributed by atoms with Gasteiger partial charge < -0.3 is 9.47 Å². The second-order valence-electron chi connectivity index (χ2n) is 8.43. The van der Waals surface area contributed by atoms with Crippen LogP contribution in [0.2, 0.25) is 0 Å². The summed E-state index contributed by atoms with van der Waals surface area (Å²) in [5, 5.41) is 5.97. The number of imidazole rings is 1. The van der Waals surface area contributed by atoms with E-state index in [-0.39, 0.29) is 0 Å². The third-order valence-electron chi connectivity index (χ3n) is 6.15. The number of thiazole rings is 1. The van der Waals surface area contributed by atoms with E-state index in [2.05, 4.69) is 42.5 Å². The molecule has 1 unspecified atom stereocenters. The van der Waals surface area contributed by atoms with E-state index >= 15 is 0 Å². The van der Waals surface area contributed by atoms with Gasteiger partial charge in [0, 0.05) is 5.56 Å². The molecule has 0 radical (unpaired) electrons. The molecule has 3 aromatic heterocycles. The smallest absolute Gasteiger partial charge is 0.493 e. The van der Waals surface area contributed by atoms with Crippen molar-refractivity contribution in [2.24, 2.45) is 0 Å². The van der Waals surface area contributed by atoms with E-state index in [0.29, 0.717) is 11.5 Å². The van der Waals surface area contributed by atoms with E-state index in [9.17, 15) is 0 Å². The van der Waals surface area contributed by atoms with Gasteiger partial charge in [-0.3, -0.25) is 0 Å². The van der Waals surface area contributed by atoms with Crippen molar-refractivity contribution in [3.05, 3.63) is 78.5 Å². The third kappa shape index (κ3) is 3.94. The average molecular weight is 555 g/mol. The summed E-state index contributed by atoms with van der Waals surface area (Å²) in [6.07, 6.45) is 0. The van der Waals surface area contributed by atoms with Crippen LogP contribution in [0.5, 0.6) is 11.5 Å². The van der Waals surface area contributed by atoms with Crippen molar-refractivity contribution in [1.82, 2.24) is 19.6 Å². The molecule has 8 heteroatoms. The summed E-state index contributed by atoms with van der Waals surface area (Å²) in [4.78, 5) is 9.60. The van der Waals surface area contributed by atoms with Crippen LogP contribution in [0.1, 0.15) is 5.69 Å². The number of hydrogen-bond acceptors (Lipinski definition) is 6. The van der Waals surface area contributed by atoms with Crippen molar-refractivity contribution in [2.75, 3.05) is 14.2 Å². The molecular formula is C28H23AsN4O2S. The Bertz CT molecular complexity index is 1740. The molecule has 0 saturated heterocycles. The van der Waals surface area contributed by atoms with Gasteiger partial charge in [0.05, 0.1) is 19.9 Å². The summed E-state index contributed by atoms with van der Waals surface area (Å²) < 4.78 is 15.3. The zero-order valence-electron chi connectivity index (χ0n) is 20.0. The van der Waals surface area contributed by atoms with Crippen molar-refractivity contribution < 1.29 is 9.47 Å². The molecule has 178 valence electrons. The van der Waals surface area contributed by atoms with E-state index in [1.54, 1.807) is 42.4 Å². The molecule has 6 nitrogen and oxygen atoms in total. The summed E-state index contributed by atoms with van der Waals surface area (Å²) in [5.41, 5.74) is 7.69. The zero-order chi connectivity index (χ0) is 24.8. The Labute approximate surface area is 221 Å². The number of rotatable bonds is 5. The molecule has 0 aliphatic carbocycles. The Balaban J connectivity index is 1.40. The molecule has 0 bridgehead atoms. The van der Waals surface area contributed by atoms with Gasteiger partial charge in [0.25, 0.3) is 0 Å². The number of aromatic nitrogens is 4. The van der Waals surface area contributed by atoms with E-state index in [1.807, 2.05) is 41.8 Å². The first kappa shape index (κ1) is 22.8.